The SMILES string of the molecule is C=CCCCN(C)C(=NCc1ccccc1CS(=O)(=O)NC(C)C)NCC. The number of benzene rings is 1. The van der Waals surface area contributed by atoms with Gasteiger partial charge in [-0.2, -0.15) is 0 Å². The molecule has 0 radical (unpaired) electrons. The van der Waals surface area contributed by atoms with Crippen molar-refractivity contribution in [2.75, 3.05) is 20.1 Å². The van der Waals surface area contributed by atoms with Crippen molar-refractivity contribution < 1.29 is 8.42 Å². The third-order valence-electron chi connectivity index (χ3n) is 3.88. The second-order valence-electron chi connectivity index (χ2n) is 6.82. The van der Waals surface area contributed by atoms with Crippen LogP contribution in [0.15, 0.2) is 41.9 Å². The van der Waals surface area contributed by atoms with Crippen LogP contribution in [0, 0.1) is 0 Å². The van der Waals surface area contributed by atoms with Gasteiger partial charge in [0, 0.05) is 26.2 Å². The molecule has 0 heterocycles. The lowest BCUT2D eigenvalue weighted by Gasteiger charge is -2.22. The molecule has 0 aliphatic carbocycles. The quantitative estimate of drug-likeness (QED) is 0.262. The lowest BCUT2D eigenvalue weighted by molar-refractivity contribution is 0.470. The zero-order chi connectivity index (χ0) is 20.3. The predicted octanol–water partition coefficient (Wildman–Crippen LogP) is 2.88. The molecule has 2 N–H and O–H groups in total. The Bertz CT molecular complexity index is 714. The molecular weight excluding hydrogens is 360 g/mol. The van der Waals surface area contributed by atoms with Gasteiger partial charge in [-0.05, 0) is 44.7 Å². The largest absolute Gasteiger partial charge is 0.357 e. The molecule has 0 unspecified atom stereocenters. The van der Waals surface area contributed by atoms with E-state index in [0.29, 0.717) is 6.54 Å². The maximum atomic E-state index is 12.3. The summed E-state index contributed by atoms with van der Waals surface area (Å²) in [5, 5.41) is 3.29. The van der Waals surface area contributed by atoms with Crippen LogP contribution >= 0.6 is 0 Å². The molecule has 1 aromatic carbocycles. The van der Waals surface area contributed by atoms with E-state index in [1.165, 1.54) is 0 Å². The average Bonchev–Trinajstić information content (AvgIpc) is 2.58. The highest BCUT2D eigenvalue weighted by molar-refractivity contribution is 7.88. The minimum atomic E-state index is -3.37. The van der Waals surface area contributed by atoms with Gasteiger partial charge in [-0.3, -0.25) is 0 Å². The number of guanidine groups is 1. The van der Waals surface area contributed by atoms with E-state index in [4.69, 9.17) is 4.99 Å². The van der Waals surface area contributed by atoms with Crippen molar-refractivity contribution in [1.29, 1.82) is 0 Å². The molecule has 0 aliphatic rings. The molecule has 0 fully saturated rings. The van der Waals surface area contributed by atoms with Crippen LogP contribution in [0.5, 0.6) is 0 Å². The fourth-order valence-electron chi connectivity index (χ4n) is 2.67. The van der Waals surface area contributed by atoms with Gasteiger partial charge in [0.1, 0.15) is 0 Å². The molecule has 0 amide bonds. The molecule has 1 aromatic rings. The highest BCUT2D eigenvalue weighted by atomic mass is 32.2. The zero-order valence-corrected chi connectivity index (χ0v) is 17.8. The molecule has 0 bridgehead atoms. The Morgan fingerprint density at radius 2 is 1.96 bits per heavy atom. The van der Waals surface area contributed by atoms with Gasteiger partial charge in [0.25, 0.3) is 0 Å². The van der Waals surface area contributed by atoms with Gasteiger partial charge in [-0.25, -0.2) is 18.1 Å². The topological polar surface area (TPSA) is 73.8 Å². The van der Waals surface area contributed by atoms with Crippen molar-refractivity contribution in [3.63, 3.8) is 0 Å². The van der Waals surface area contributed by atoms with Gasteiger partial charge in [0.15, 0.2) is 5.96 Å². The van der Waals surface area contributed by atoms with Crippen molar-refractivity contribution >= 4 is 16.0 Å². The summed E-state index contributed by atoms with van der Waals surface area (Å²) in [6, 6.07) is 7.44. The molecule has 0 aliphatic heterocycles. The first-order valence-corrected chi connectivity index (χ1v) is 11.1. The molecule has 0 atom stereocenters. The van der Waals surface area contributed by atoms with Gasteiger partial charge in [0.05, 0.1) is 12.3 Å². The van der Waals surface area contributed by atoms with Crippen molar-refractivity contribution in [2.45, 2.75) is 52.0 Å². The molecule has 7 heteroatoms. The van der Waals surface area contributed by atoms with Gasteiger partial charge >= 0.3 is 0 Å². The van der Waals surface area contributed by atoms with Crippen LogP contribution in [0.3, 0.4) is 0 Å². The Kier molecular flexibility index (Phi) is 10.1. The Hall–Kier alpha value is -1.86. The average molecular weight is 395 g/mol. The number of unbranched alkanes of at least 4 members (excludes halogenated alkanes) is 1. The summed E-state index contributed by atoms with van der Waals surface area (Å²) >= 11 is 0. The number of nitrogens with one attached hydrogen (secondary N) is 2. The Labute approximate surface area is 164 Å². The summed E-state index contributed by atoms with van der Waals surface area (Å²) in [5.41, 5.74) is 1.70. The number of hydrogen-bond donors (Lipinski definition) is 2. The second-order valence-corrected chi connectivity index (χ2v) is 8.58. The molecule has 6 nitrogen and oxygen atoms in total. The highest BCUT2D eigenvalue weighted by Crippen LogP contribution is 2.14. The van der Waals surface area contributed by atoms with E-state index < -0.39 is 10.0 Å². The number of nitrogens with zero attached hydrogens (tertiary/aromatic N) is 2. The summed E-state index contributed by atoms with van der Waals surface area (Å²) in [6.07, 6.45) is 3.90. The van der Waals surface area contributed by atoms with Gasteiger partial charge in [0.2, 0.25) is 10.0 Å². The van der Waals surface area contributed by atoms with Crippen LogP contribution in [0.2, 0.25) is 0 Å². The summed E-state index contributed by atoms with van der Waals surface area (Å²) in [7, 11) is -1.36. The number of hydrogen-bond acceptors (Lipinski definition) is 3. The van der Waals surface area contributed by atoms with E-state index in [0.717, 1.165) is 43.0 Å². The first-order valence-electron chi connectivity index (χ1n) is 9.46. The predicted molar refractivity (Wildman–Crippen MR) is 114 cm³/mol. The van der Waals surface area contributed by atoms with E-state index in [1.54, 1.807) is 0 Å². The van der Waals surface area contributed by atoms with Crippen LogP contribution in [0.1, 0.15) is 44.7 Å². The summed E-state index contributed by atoms with van der Waals surface area (Å²) < 4.78 is 27.2. The lowest BCUT2D eigenvalue weighted by atomic mass is 10.1. The van der Waals surface area contributed by atoms with E-state index in [-0.39, 0.29) is 11.8 Å². The van der Waals surface area contributed by atoms with Gasteiger partial charge < -0.3 is 10.2 Å². The van der Waals surface area contributed by atoms with Crippen molar-refractivity contribution in [2.24, 2.45) is 4.99 Å². The summed E-state index contributed by atoms with van der Waals surface area (Å²) in [6.45, 7) is 11.5. The minimum Gasteiger partial charge on any atom is -0.357 e. The fourth-order valence-corrected chi connectivity index (χ4v) is 4.16. The first-order chi connectivity index (χ1) is 12.8. The molecule has 0 saturated carbocycles. The number of rotatable bonds is 11. The van der Waals surface area contributed by atoms with Crippen molar-refractivity contribution in [3.8, 4) is 0 Å². The monoisotopic (exact) mass is 394 g/mol. The second kappa shape index (κ2) is 11.8. The number of sulfonamides is 1. The van der Waals surface area contributed by atoms with Gasteiger partial charge in [-0.15, -0.1) is 6.58 Å². The molecule has 152 valence electrons. The maximum absolute atomic E-state index is 12.3. The van der Waals surface area contributed by atoms with Crippen molar-refractivity contribution in [3.05, 3.63) is 48.0 Å². The van der Waals surface area contributed by atoms with Crippen molar-refractivity contribution in [1.82, 2.24) is 14.9 Å². The van der Waals surface area contributed by atoms with E-state index in [2.05, 4.69) is 21.5 Å². The molecule has 27 heavy (non-hydrogen) atoms. The molecular formula is C20H34N4O2S. The van der Waals surface area contributed by atoms with Crippen LogP contribution < -0.4 is 10.0 Å². The van der Waals surface area contributed by atoms with E-state index >= 15 is 0 Å². The summed E-state index contributed by atoms with van der Waals surface area (Å²) in [5.74, 6) is 0.780. The number of allylic oxidation sites excluding steroid dienone is 1. The zero-order valence-electron chi connectivity index (χ0n) is 17.0. The molecule has 0 spiro atoms. The van der Waals surface area contributed by atoms with Crippen LogP contribution in [0.25, 0.3) is 0 Å². The Morgan fingerprint density at radius 1 is 1.30 bits per heavy atom. The molecule has 1 rings (SSSR count). The van der Waals surface area contributed by atoms with Crippen LogP contribution in [-0.4, -0.2) is 45.5 Å². The Balaban J connectivity index is 2.92. The third kappa shape index (κ3) is 9.06. The summed E-state index contributed by atoms with van der Waals surface area (Å²) in [4.78, 5) is 6.79. The Morgan fingerprint density at radius 3 is 2.56 bits per heavy atom. The van der Waals surface area contributed by atoms with Crippen LogP contribution in [-0.2, 0) is 22.3 Å². The number of aliphatic imine (C=N–C) groups is 1. The lowest BCUT2D eigenvalue weighted by Crippen LogP contribution is -2.39. The van der Waals surface area contributed by atoms with Crippen LogP contribution in [0.4, 0.5) is 0 Å². The van der Waals surface area contributed by atoms with E-state index in [9.17, 15) is 8.42 Å². The minimum absolute atomic E-state index is 0.0391. The van der Waals surface area contributed by atoms with E-state index in [1.807, 2.05) is 58.2 Å². The van der Waals surface area contributed by atoms with Gasteiger partial charge in [-0.1, -0.05) is 30.3 Å². The fraction of sp³-hybridized carbons (Fsp3) is 0.550. The normalized spacial score (nSPS) is 12.3. The molecule has 0 aromatic heterocycles. The third-order valence-corrected chi connectivity index (χ3v) is 5.40. The maximum Gasteiger partial charge on any atom is 0.216 e. The highest BCUT2D eigenvalue weighted by Gasteiger charge is 2.15. The standard InChI is InChI=1S/C20H34N4O2S/c1-6-8-11-14-24(5)20(21-7-2)22-15-18-12-9-10-13-19(18)16-27(25,26)23-17(3)4/h6,9-10,12-13,17,23H,1,7-8,11,14-16H2,2-5H3,(H,21,22). The first kappa shape index (κ1) is 23.2. The molecule has 0 saturated heterocycles. The smallest absolute Gasteiger partial charge is 0.216 e.